The van der Waals surface area contributed by atoms with Crippen LogP contribution in [0.4, 0.5) is 0 Å². The fourth-order valence-corrected chi connectivity index (χ4v) is 5.50. The minimum atomic E-state index is -3.68. The first-order valence-corrected chi connectivity index (χ1v) is 11.3. The summed E-state index contributed by atoms with van der Waals surface area (Å²) < 4.78 is 28.4. The zero-order valence-corrected chi connectivity index (χ0v) is 18.6. The highest BCUT2D eigenvalue weighted by Crippen LogP contribution is 2.25. The van der Waals surface area contributed by atoms with Gasteiger partial charge in [0.05, 0.1) is 4.90 Å². The van der Waals surface area contributed by atoms with Gasteiger partial charge in [0.2, 0.25) is 15.9 Å². The van der Waals surface area contributed by atoms with Gasteiger partial charge in [-0.2, -0.15) is 4.31 Å². The van der Waals surface area contributed by atoms with Crippen LogP contribution in [-0.4, -0.2) is 88.3 Å². The number of nitrogens with one attached hydrogen (secondary N) is 1. The van der Waals surface area contributed by atoms with Crippen LogP contribution in [0.3, 0.4) is 0 Å². The van der Waals surface area contributed by atoms with E-state index in [1.54, 1.807) is 0 Å². The molecular formula is C20H34N4O3S. The first kappa shape index (κ1) is 22.8. The third kappa shape index (κ3) is 5.76. The third-order valence-corrected chi connectivity index (χ3v) is 7.25. The Balaban J connectivity index is 2.22. The Hall–Kier alpha value is -1.48. The number of hydrogen-bond acceptors (Lipinski definition) is 5. The monoisotopic (exact) mass is 410 g/mol. The van der Waals surface area contributed by atoms with Gasteiger partial charge in [0.1, 0.15) is 0 Å². The number of likely N-dealkylation sites (N-methyl/N-ethyl adjacent to an activating group) is 1. The lowest BCUT2D eigenvalue weighted by Gasteiger charge is -2.29. The molecule has 1 aromatic rings. The summed E-state index contributed by atoms with van der Waals surface area (Å²) >= 11 is 0. The maximum Gasteiger partial charge on any atom is 0.243 e. The van der Waals surface area contributed by atoms with E-state index in [-0.39, 0.29) is 18.9 Å². The van der Waals surface area contributed by atoms with Crippen molar-refractivity contribution < 1.29 is 13.2 Å². The minimum absolute atomic E-state index is 0.0175. The number of carbonyl (C=O) groups excluding carboxylic acids is 1. The highest BCUT2D eigenvalue weighted by atomic mass is 32.2. The van der Waals surface area contributed by atoms with Crippen molar-refractivity contribution in [3.63, 3.8) is 0 Å². The number of amides is 1. The second-order valence-electron chi connectivity index (χ2n) is 7.82. The molecule has 0 saturated carbocycles. The minimum Gasteiger partial charge on any atom is -0.340 e. The fraction of sp³-hybridized carbons (Fsp3) is 0.650. The average molecular weight is 411 g/mol. The fourth-order valence-electron chi connectivity index (χ4n) is 3.66. The van der Waals surface area contributed by atoms with Crippen LogP contribution < -0.4 is 5.32 Å². The molecule has 158 valence electrons. The van der Waals surface area contributed by atoms with Crippen LogP contribution in [-0.2, 0) is 14.8 Å². The summed E-state index contributed by atoms with van der Waals surface area (Å²) in [6.07, 6.45) is 0.205. The molecule has 0 radical (unpaired) electrons. The molecular weight excluding hydrogens is 376 g/mol. The molecule has 8 heteroatoms. The van der Waals surface area contributed by atoms with Gasteiger partial charge < -0.3 is 15.1 Å². The lowest BCUT2D eigenvalue weighted by molar-refractivity contribution is -0.131. The molecule has 28 heavy (non-hydrogen) atoms. The van der Waals surface area contributed by atoms with Crippen molar-refractivity contribution in [2.45, 2.75) is 32.1 Å². The molecule has 1 saturated heterocycles. The van der Waals surface area contributed by atoms with Crippen molar-refractivity contribution in [3.8, 4) is 0 Å². The van der Waals surface area contributed by atoms with E-state index in [0.29, 0.717) is 31.1 Å². The molecule has 1 heterocycles. The lowest BCUT2D eigenvalue weighted by Crippen LogP contribution is -2.47. The van der Waals surface area contributed by atoms with Crippen molar-refractivity contribution in [3.05, 3.63) is 28.8 Å². The number of benzene rings is 1. The summed E-state index contributed by atoms with van der Waals surface area (Å²) in [5.74, 6) is 0.0175. The van der Waals surface area contributed by atoms with Crippen LogP contribution in [0.2, 0.25) is 0 Å². The van der Waals surface area contributed by atoms with Gasteiger partial charge in [-0.1, -0.05) is 17.7 Å². The molecule has 0 atom stereocenters. The summed E-state index contributed by atoms with van der Waals surface area (Å²) in [7, 11) is 0.154. The summed E-state index contributed by atoms with van der Waals surface area (Å²) in [6.45, 7) is 9.73. The van der Waals surface area contributed by atoms with E-state index in [1.807, 2.05) is 56.8 Å². The van der Waals surface area contributed by atoms with Gasteiger partial charge in [-0.05, 0) is 46.0 Å². The zero-order chi connectivity index (χ0) is 20.9. The maximum atomic E-state index is 13.5. The molecule has 1 aliphatic rings. The van der Waals surface area contributed by atoms with Crippen LogP contribution >= 0.6 is 0 Å². The topological polar surface area (TPSA) is 73.0 Å². The van der Waals surface area contributed by atoms with Gasteiger partial charge in [0, 0.05) is 52.2 Å². The smallest absolute Gasteiger partial charge is 0.243 e. The molecule has 0 aliphatic carbocycles. The second-order valence-corrected chi connectivity index (χ2v) is 9.69. The van der Waals surface area contributed by atoms with E-state index in [1.165, 1.54) is 4.31 Å². The van der Waals surface area contributed by atoms with E-state index in [0.717, 1.165) is 29.8 Å². The van der Waals surface area contributed by atoms with Crippen molar-refractivity contribution in [1.82, 2.24) is 19.4 Å². The van der Waals surface area contributed by atoms with Gasteiger partial charge in [0.25, 0.3) is 0 Å². The van der Waals surface area contributed by atoms with Crippen molar-refractivity contribution in [2.75, 3.05) is 59.9 Å². The average Bonchev–Trinajstić information content (AvgIpc) is 2.60. The van der Waals surface area contributed by atoms with Crippen molar-refractivity contribution in [1.29, 1.82) is 0 Å². The number of sulfonamides is 1. The molecule has 0 aromatic heterocycles. The molecule has 2 rings (SSSR count). The Morgan fingerprint density at radius 3 is 2.14 bits per heavy atom. The number of nitrogens with zero attached hydrogens (tertiary/aromatic N) is 3. The van der Waals surface area contributed by atoms with Crippen LogP contribution in [0.25, 0.3) is 0 Å². The van der Waals surface area contributed by atoms with Crippen molar-refractivity contribution >= 4 is 15.9 Å². The molecule has 1 aromatic carbocycles. The largest absolute Gasteiger partial charge is 0.340 e. The zero-order valence-electron chi connectivity index (χ0n) is 17.8. The highest BCUT2D eigenvalue weighted by molar-refractivity contribution is 7.89. The van der Waals surface area contributed by atoms with Crippen LogP contribution in [0.15, 0.2) is 17.0 Å². The Morgan fingerprint density at radius 1 is 1.04 bits per heavy atom. The van der Waals surface area contributed by atoms with E-state index >= 15 is 0 Å². The second kappa shape index (κ2) is 9.82. The SMILES string of the molecule is Cc1cc(C)c(S(=O)(=O)N(CCC(=O)N2CCNCC2)CCN(C)C)c(C)c1. The van der Waals surface area contributed by atoms with E-state index in [4.69, 9.17) is 0 Å². The number of aryl methyl sites for hydroxylation is 3. The molecule has 0 unspecified atom stereocenters. The number of carbonyl (C=O) groups is 1. The maximum absolute atomic E-state index is 13.5. The molecule has 0 spiro atoms. The van der Waals surface area contributed by atoms with Crippen LogP contribution in [0, 0.1) is 20.8 Å². The Morgan fingerprint density at radius 2 is 1.61 bits per heavy atom. The third-order valence-electron chi connectivity index (χ3n) is 5.04. The number of hydrogen-bond donors (Lipinski definition) is 1. The predicted octanol–water partition coefficient (Wildman–Crippen LogP) is 0.986. The van der Waals surface area contributed by atoms with Gasteiger partial charge in [-0.25, -0.2) is 8.42 Å². The Labute approximate surface area is 169 Å². The molecule has 1 aliphatic heterocycles. The lowest BCUT2D eigenvalue weighted by atomic mass is 10.1. The standard InChI is InChI=1S/C20H34N4O3S/c1-16-14-17(2)20(18(3)15-16)28(26,27)24(13-12-22(4)5)9-6-19(25)23-10-7-21-8-11-23/h14-15,21H,6-13H2,1-5H3. The van der Waals surface area contributed by atoms with Crippen LogP contribution in [0.5, 0.6) is 0 Å². The van der Waals surface area contributed by atoms with Gasteiger partial charge in [-0.15, -0.1) is 0 Å². The van der Waals surface area contributed by atoms with Crippen LogP contribution in [0.1, 0.15) is 23.1 Å². The molecule has 7 nitrogen and oxygen atoms in total. The normalized spacial score (nSPS) is 15.5. The summed E-state index contributed by atoms with van der Waals surface area (Å²) in [5.41, 5.74) is 2.55. The Kier molecular flexibility index (Phi) is 8.00. The number of piperazine rings is 1. The van der Waals surface area contributed by atoms with Gasteiger partial charge in [-0.3, -0.25) is 4.79 Å². The molecule has 1 amide bonds. The first-order chi connectivity index (χ1) is 13.1. The quantitative estimate of drug-likeness (QED) is 0.692. The highest BCUT2D eigenvalue weighted by Gasteiger charge is 2.29. The van der Waals surface area contributed by atoms with E-state index < -0.39 is 10.0 Å². The summed E-state index contributed by atoms with van der Waals surface area (Å²) in [5, 5.41) is 3.22. The summed E-state index contributed by atoms with van der Waals surface area (Å²) in [6, 6.07) is 3.80. The first-order valence-electron chi connectivity index (χ1n) is 9.84. The van der Waals surface area contributed by atoms with Crippen molar-refractivity contribution in [2.24, 2.45) is 0 Å². The number of rotatable bonds is 8. The molecule has 1 fully saturated rings. The Bertz CT molecular complexity index is 764. The predicted molar refractivity (Wildman–Crippen MR) is 112 cm³/mol. The molecule has 1 N–H and O–H groups in total. The van der Waals surface area contributed by atoms with Gasteiger partial charge in [0.15, 0.2) is 0 Å². The van der Waals surface area contributed by atoms with E-state index in [9.17, 15) is 13.2 Å². The molecule has 0 bridgehead atoms. The van der Waals surface area contributed by atoms with E-state index in [2.05, 4.69) is 5.32 Å². The summed E-state index contributed by atoms with van der Waals surface area (Å²) in [4.78, 5) is 16.7. The van der Waals surface area contributed by atoms with Gasteiger partial charge >= 0.3 is 0 Å².